The monoisotopic (exact) mass is 237 g/mol. The summed E-state index contributed by atoms with van der Waals surface area (Å²) in [6.07, 6.45) is 7.57. The van der Waals surface area contributed by atoms with Crippen molar-refractivity contribution in [3.05, 3.63) is 18.2 Å². The fourth-order valence-corrected chi connectivity index (χ4v) is 1.94. The first-order valence-corrected chi connectivity index (χ1v) is 6.82. The molecule has 3 nitrogen and oxygen atoms in total. The van der Waals surface area contributed by atoms with E-state index in [2.05, 4.69) is 42.6 Å². The van der Waals surface area contributed by atoms with Crippen LogP contribution >= 0.6 is 0 Å². The smallest absolute Gasteiger partial charge is 0.0950 e. The number of aryl methyl sites for hydroxylation is 1. The zero-order chi connectivity index (χ0) is 12.7. The van der Waals surface area contributed by atoms with Crippen molar-refractivity contribution in [3.63, 3.8) is 0 Å². The van der Waals surface area contributed by atoms with Crippen LogP contribution in [0.15, 0.2) is 12.5 Å². The summed E-state index contributed by atoms with van der Waals surface area (Å²) >= 11 is 0. The van der Waals surface area contributed by atoms with Gasteiger partial charge in [0.25, 0.3) is 0 Å². The molecule has 0 unspecified atom stereocenters. The Labute approximate surface area is 106 Å². The number of unbranched alkanes of at least 4 members (excludes halogenated alkanes) is 1. The maximum Gasteiger partial charge on any atom is 0.0950 e. The van der Waals surface area contributed by atoms with E-state index in [-0.39, 0.29) is 0 Å². The van der Waals surface area contributed by atoms with Gasteiger partial charge in [-0.25, -0.2) is 4.98 Å². The summed E-state index contributed by atoms with van der Waals surface area (Å²) in [4.78, 5) is 4.23. The number of nitrogens with zero attached hydrogens (tertiary/aromatic N) is 2. The Morgan fingerprint density at radius 2 is 2.00 bits per heavy atom. The minimum atomic E-state index is 0.520. The standard InChI is InChI=1S/C14H27N3/c1-12(2)9-15-8-6-5-7-14-10-16-11-17(14)13(3)4/h10-13,15H,5-9H2,1-4H3. The molecule has 1 aromatic rings. The lowest BCUT2D eigenvalue weighted by Crippen LogP contribution is -2.20. The van der Waals surface area contributed by atoms with Gasteiger partial charge in [0.2, 0.25) is 0 Å². The SMILES string of the molecule is CC(C)CNCCCCc1cncn1C(C)C. The number of hydrogen-bond acceptors (Lipinski definition) is 2. The molecule has 0 aliphatic carbocycles. The van der Waals surface area contributed by atoms with Crippen LogP contribution in [0.25, 0.3) is 0 Å². The Balaban J connectivity index is 2.16. The number of imidazole rings is 1. The molecule has 1 aromatic heterocycles. The fourth-order valence-electron chi connectivity index (χ4n) is 1.94. The topological polar surface area (TPSA) is 29.9 Å². The lowest BCUT2D eigenvalue weighted by molar-refractivity contribution is 0.526. The number of hydrogen-bond donors (Lipinski definition) is 1. The molecule has 1 rings (SSSR count). The van der Waals surface area contributed by atoms with Crippen LogP contribution in [0.1, 0.15) is 52.3 Å². The Kier molecular flexibility index (Phi) is 6.27. The van der Waals surface area contributed by atoms with E-state index in [0.717, 1.165) is 25.4 Å². The van der Waals surface area contributed by atoms with Gasteiger partial charge in [0.05, 0.1) is 6.33 Å². The van der Waals surface area contributed by atoms with Crippen LogP contribution in [0.5, 0.6) is 0 Å². The molecule has 0 spiro atoms. The Morgan fingerprint density at radius 3 is 2.65 bits per heavy atom. The van der Waals surface area contributed by atoms with Crippen molar-refractivity contribution >= 4 is 0 Å². The fraction of sp³-hybridized carbons (Fsp3) is 0.786. The quantitative estimate of drug-likeness (QED) is 0.704. The predicted octanol–water partition coefficient (Wildman–Crippen LogP) is 3.03. The van der Waals surface area contributed by atoms with Gasteiger partial charge < -0.3 is 9.88 Å². The molecule has 0 aromatic carbocycles. The molecule has 1 heterocycles. The van der Waals surface area contributed by atoms with Gasteiger partial charge in [-0.3, -0.25) is 0 Å². The molecule has 0 radical (unpaired) electrons. The Morgan fingerprint density at radius 1 is 1.24 bits per heavy atom. The van der Waals surface area contributed by atoms with E-state index in [1.54, 1.807) is 0 Å². The predicted molar refractivity (Wildman–Crippen MR) is 73.3 cm³/mol. The van der Waals surface area contributed by atoms with Crippen LogP contribution in [0, 0.1) is 5.92 Å². The second-order valence-corrected chi connectivity index (χ2v) is 5.44. The van der Waals surface area contributed by atoms with Crippen molar-refractivity contribution in [3.8, 4) is 0 Å². The summed E-state index contributed by atoms with van der Waals surface area (Å²) in [6.45, 7) is 11.2. The van der Waals surface area contributed by atoms with Gasteiger partial charge in [0.1, 0.15) is 0 Å². The average molecular weight is 237 g/mol. The molecule has 1 N–H and O–H groups in total. The van der Waals surface area contributed by atoms with Gasteiger partial charge in [-0.15, -0.1) is 0 Å². The third-order valence-corrected chi connectivity index (χ3v) is 2.89. The van der Waals surface area contributed by atoms with Crippen LogP contribution in [0.4, 0.5) is 0 Å². The number of rotatable bonds is 8. The van der Waals surface area contributed by atoms with Gasteiger partial charge in [-0.1, -0.05) is 13.8 Å². The Hall–Kier alpha value is -0.830. The van der Waals surface area contributed by atoms with Gasteiger partial charge in [-0.2, -0.15) is 0 Å². The summed E-state index contributed by atoms with van der Waals surface area (Å²) in [6, 6.07) is 0.520. The molecule has 0 amide bonds. The largest absolute Gasteiger partial charge is 0.332 e. The third kappa shape index (κ3) is 5.35. The molecule has 0 atom stereocenters. The molecular weight excluding hydrogens is 210 g/mol. The minimum absolute atomic E-state index is 0.520. The van der Waals surface area contributed by atoms with Crippen molar-refractivity contribution < 1.29 is 0 Å². The van der Waals surface area contributed by atoms with Crippen molar-refractivity contribution in [2.24, 2.45) is 5.92 Å². The molecule has 98 valence electrons. The highest BCUT2D eigenvalue weighted by molar-refractivity contribution is 4.99. The summed E-state index contributed by atoms with van der Waals surface area (Å²) in [7, 11) is 0. The van der Waals surface area contributed by atoms with Crippen LogP contribution in [-0.4, -0.2) is 22.6 Å². The van der Waals surface area contributed by atoms with Crippen LogP contribution in [-0.2, 0) is 6.42 Å². The third-order valence-electron chi connectivity index (χ3n) is 2.89. The molecule has 0 aliphatic heterocycles. The summed E-state index contributed by atoms with van der Waals surface area (Å²) in [5.41, 5.74) is 1.36. The van der Waals surface area contributed by atoms with Crippen LogP contribution < -0.4 is 5.32 Å². The first kappa shape index (κ1) is 14.2. The average Bonchev–Trinajstić information content (AvgIpc) is 2.71. The second-order valence-electron chi connectivity index (χ2n) is 5.44. The highest BCUT2D eigenvalue weighted by Gasteiger charge is 2.04. The van der Waals surface area contributed by atoms with E-state index in [1.165, 1.54) is 18.5 Å². The van der Waals surface area contributed by atoms with E-state index in [9.17, 15) is 0 Å². The molecule has 0 saturated heterocycles. The zero-order valence-corrected chi connectivity index (χ0v) is 11.7. The van der Waals surface area contributed by atoms with E-state index in [0.29, 0.717) is 6.04 Å². The van der Waals surface area contributed by atoms with Crippen molar-refractivity contribution in [2.45, 2.75) is 53.0 Å². The van der Waals surface area contributed by atoms with Gasteiger partial charge >= 0.3 is 0 Å². The first-order chi connectivity index (χ1) is 8.11. The van der Waals surface area contributed by atoms with E-state index < -0.39 is 0 Å². The number of aromatic nitrogens is 2. The van der Waals surface area contributed by atoms with Crippen molar-refractivity contribution in [1.82, 2.24) is 14.9 Å². The normalized spacial score (nSPS) is 11.6. The van der Waals surface area contributed by atoms with E-state index >= 15 is 0 Å². The summed E-state index contributed by atoms with van der Waals surface area (Å²) in [5, 5.41) is 3.48. The second kappa shape index (κ2) is 7.49. The van der Waals surface area contributed by atoms with Gasteiger partial charge in [0, 0.05) is 17.9 Å². The lowest BCUT2D eigenvalue weighted by atomic mass is 10.2. The highest BCUT2D eigenvalue weighted by atomic mass is 15.1. The van der Waals surface area contributed by atoms with Gasteiger partial charge in [0.15, 0.2) is 0 Å². The molecule has 0 saturated carbocycles. The Bertz CT molecular complexity index is 302. The molecular formula is C14H27N3. The van der Waals surface area contributed by atoms with Crippen LogP contribution in [0.3, 0.4) is 0 Å². The minimum Gasteiger partial charge on any atom is -0.332 e. The molecule has 0 fully saturated rings. The highest BCUT2D eigenvalue weighted by Crippen LogP contribution is 2.11. The molecule has 0 aliphatic rings. The van der Waals surface area contributed by atoms with Crippen molar-refractivity contribution in [2.75, 3.05) is 13.1 Å². The van der Waals surface area contributed by atoms with Crippen molar-refractivity contribution in [1.29, 1.82) is 0 Å². The van der Waals surface area contributed by atoms with Crippen LogP contribution in [0.2, 0.25) is 0 Å². The summed E-state index contributed by atoms with van der Waals surface area (Å²) < 4.78 is 2.27. The molecule has 17 heavy (non-hydrogen) atoms. The molecule has 3 heteroatoms. The lowest BCUT2D eigenvalue weighted by Gasteiger charge is -2.11. The van der Waals surface area contributed by atoms with E-state index in [4.69, 9.17) is 0 Å². The zero-order valence-electron chi connectivity index (χ0n) is 11.7. The maximum absolute atomic E-state index is 4.23. The number of nitrogens with one attached hydrogen (secondary N) is 1. The molecule has 0 bridgehead atoms. The first-order valence-electron chi connectivity index (χ1n) is 6.82. The summed E-state index contributed by atoms with van der Waals surface area (Å²) in [5.74, 6) is 0.748. The van der Waals surface area contributed by atoms with Gasteiger partial charge in [-0.05, 0) is 52.1 Å². The van der Waals surface area contributed by atoms with E-state index in [1.807, 2.05) is 12.5 Å². The maximum atomic E-state index is 4.23.